The fraction of sp³-hybridized carbons (Fsp3) is 0.394. The minimum Gasteiger partial charge on any atom is -0.488 e. The van der Waals surface area contributed by atoms with Crippen LogP contribution < -0.4 is 20.3 Å². The lowest BCUT2D eigenvalue weighted by Gasteiger charge is -2.29. The molecule has 1 fully saturated rings. The van der Waals surface area contributed by atoms with Crippen LogP contribution in [0.25, 0.3) is 10.9 Å². The van der Waals surface area contributed by atoms with E-state index in [4.69, 9.17) is 14.7 Å². The largest absolute Gasteiger partial charge is 0.488 e. The van der Waals surface area contributed by atoms with Gasteiger partial charge in [-0.05, 0) is 86.4 Å². The number of hydrogen-bond acceptors (Lipinski definition) is 6. The normalized spacial score (nSPS) is 17.2. The molecule has 0 bridgehead atoms. The van der Waals surface area contributed by atoms with Crippen LogP contribution in [0.1, 0.15) is 47.9 Å². The summed E-state index contributed by atoms with van der Waals surface area (Å²) in [7, 11) is 4.07. The molecule has 1 aliphatic rings. The van der Waals surface area contributed by atoms with Crippen molar-refractivity contribution in [3.63, 3.8) is 0 Å². The van der Waals surface area contributed by atoms with E-state index < -0.39 is 0 Å². The molecule has 4 aromatic rings. The number of hydrogen-bond donors (Lipinski definition) is 2. The fourth-order valence-corrected chi connectivity index (χ4v) is 5.68. The molecule has 0 unspecified atom stereocenters. The highest BCUT2D eigenvalue weighted by atomic mass is 16.5. The first kappa shape index (κ1) is 26.9. The predicted molar refractivity (Wildman–Crippen MR) is 162 cm³/mol. The van der Waals surface area contributed by atoms with Gasteiger partial charge in [0.1, 0.15) is 18.2 Å². The second-order valence-electron chi connectivity index (χ2n) is 11.1. The molecule has 204 valence electrons. The summed E-state index contributed by atoms with van der Waals surface area (Å²) in [5, 5.41) is 8.43. The van der Waals surface area contributed by atoms with Gasteiger partial charge in [0, 0.05) is 32.1 Å². The Morgan fingerprint density at radius 2 is 1.54 bits per heavy atom. The van der Waals surface area contributed by atoms with Gasteiger partial charge in [0.2, 0.25) is 5.95 Å². The third kappa shape index (κ3) is 6.87. The molecule has 1 aromatic heterocycles. The van der Waals surface area contributed by atoms with Gasteiger partial charge in [-0.2, -0.15) is 4.98 Å². The maximum atomic E-state index is 6.16. The van der Waals surface area contributed by atoms with E-state index >= 15 is 0 Å². The third-order valence-corrected chi connectivity index (χ3v) is 7.69. The summed E-state index contributed by atoms with van der Waals surface area (Å²) in [6, 6.07) is 23.5. The lowest BCUT2D eigenvalue weighted by atomic mass is 9.86. The van der Waals surface area contributed by atoms with Crippen LogP contribution in [0.4, 0.5) is 11.8 Å². The molecular formula is C33H41N5O. The fourth-order valence-electron chi connectivity index (χ4n) is 5.68. The van der Waals surface area contributed by atoms with Gasteiger partial charge in [-0.3, -0.25) is 0 Å². The topological polar surface area (TPSA) is 62.3 Å². The average molecular weight is 524 g/mol. The molecule has 1 saturated carbocycles. The molecule has 0 radical (unpaired) electrons. The Bertz CT molecular complexity index is 1360. The summed E-state index contributed by atoms with van der Waals surface area (Å²) < 4.78 is 6.16. The van der Waals surface area contributed by atoms with E-state index in [1.807, 2.05) is 32.3 Å². The van der Waals surface area contributed by atoms with Gasteiger partial charge in [0.05, 0.1) is 5.52 Å². The molecule has 6 heteroatoms. The van der Waals surface area contributed by atoms with E-state index in [1.165, 1.54) is 35.1 Å². The van der Waals surface area contributed by atoms with Crippen LogP contribution in [0.3, 0.4) is 0 Å². The van der Waals surface area contributed by atoms with Crippen molar-refractivity contribution in [2.24, 2.45) is 5.92 Å². The summed E-state index contributed by atoms with van der Waals surface area (Å²) >= 11 is 0. The Morgan fingerprint density at radius 1 is 0.846 bits per heavy atom. The van der Waals surface area contributed by atoms with Crippen LogP contribution in [0.2, 0.25) is 0 Å². The number of nitrogens with zero attached hydrogens (tertiary/aromatic N) is 3. The maximum Gasteiger partial charge on any atom is 0.225 e. The highest BCUT2D eigenvalue weighted by Gasteiger charge is 2.22. The Labute approximate surface area is 232 Å². The van der Waals surface area contributed by atoms with Crippen molar-refractivity contribution in [3.05, 3.63) is 89.0 Å². The minimum absolute atomic E-state index is 0.422. The van der Waals surface area contributed by atoms with Crippen LogP contribution in [0, 0.1) is 19.8 Å². The third-order valence-electron chi connectivity index (χ3n) is 7.69. The van der Waals surface area contributed by atoms with Crippen LogP contribution in [-0.2, 0) is 13.2 Å². The summed E-state index contributed by atoms with van der Waals surface area (Å²) in [4.78, 5) is 11.7. The molecule has 0 amide bonds. The Hall–Kier alpha value is -3.64. The van der Waals surface area contributed by atoms with Gasteiger partial charge in [-0.15, -0.1) is 0 Å². The SMILES string of the molecule is Cc1cc(CNCC2CCC(Nc3nc(N(C)C)c4ccccc4n3)CC2)cc(C)c1OCc1ccccc1. The number of anilines is 2. The molecule has 1 aliphatic carbocycles. The van der Waals surface area contributed by atoms with Crippen LogP contribution in [0.15, 0.2) is 66.7 Å². The first-order chi connectivity index (χ1) is 19.0. The molecule has 5 rings (SSSR count). The minimum atomic E-state index is 0.422. The lowest BCUT2D eigenvalue weighted by molar-refractivity contribution is 0.301. The second-order valence-corrected chi connectivity index (χ2v) is 11.1. The first-order valence-corrected chi connectivity index (χ1v) is 14.1. The molecule has 0 aliphatic heterocycles. The van der Waals surface area contributed by atoms with Crippen molar-refractivity contribution in [2.75, 3.05) is 30.9 Å². The quantitative estimate of drug-likeness (QED) is 0.243. The van der Waals surface area contributed by atoms with Crippen molar-refractivity contribution in [2.45, 2.75) is 58.7 Å². The Morgan fingerprint density at radius 3 is 2.26 bits per heavy atom. The standard InChI is InChI=1S/C33H41N5O/c1-23-18-27(19-24(2)31(23)39-22-26-10-6-5-7-11-26)21-34-20-25-14-16-28(17-15-25)35-33-36-30-13-9-8-12-29(30)32(37-33)38(3)4/h5-13,18-19,25,28,34H,14-17,20-22H2,1-4H3,(H,35,36,37). The molecule has 2 N–H and O–H groups in total. The zero-order chi connectivity index (χ0) is 27.2. The maximum absolute atomic E-state index is 6.16. The smallest absolute Gasteiger partial charge is 0.225 e. The van der Waals surface area contributed by atoms with E-state index in [0.29, 0.717) is 18.6 Å². The number of fused-ring (bicyclic) bond motifs is 1. The van der Waals surface area contributed by atoms with Crippen molar-refractivity contribution < 1.29 is 4.74 Å². The Kier molecular flexibility index (Phi) is 8.62. The summed E-state index contributed by atoms with van der Waals surface area (Å²) in [6.07, 6.45) is 4.71. The van der Waals surface area contributed by atoms with Gasteiger partial charge in [-0.1, -0.05) is 54.6 Å². The predicted octanol–water partition coefficient (Wildman–Crippen LogP) is 6.65. The molecule has 6 nitrogen and oxygen atoms in total. The van der Waals surface area contributed by atoms with E-state index in [-0.39, 0.29) is 0 Å². The van der Waals surface area contributed by atoms with Gasteiger partial charge in [0.15, 0.2) is 0 Å². The second kappa shape index (κ2) is 12.5. The number of nitrogens with one attached hydrogen (secondary N) is 2. The van der Waals surface area contributed by atoms with Gasteiger partial charge < -0.3 is 20.3 Å². The van der Waals surface area contributed by atoms with E-state index in [2.05, 4.69) is 77.9 Å². The molecular weight excluding hydrogens is 482 g/mol. The molecule has 0 spiro atoms. The zero-order valence-corrected chi connectivity index (χ0v) is 23.7. The highest BCUT2D eigenvalue weighted by Crippen LogP contribution is 2.29. The summed E-state index contributed by atoms with van der Waals surface area (Å²) in [5.74, 6) is 3.40. The lowest BCUT2D eigenvalue weighted by Crippen LogP contribution is -2.31. The molecule has 0 saturated heterocycles. The van der Waals surface area contributed by atoms with Gasteiger partial charge >= 0.3 is 0 Å². The average Bonchev–Trinajstić information content (AvgIpc) is 2.93. The van der Waals surface area contributed by atoms with Crippen molar-refractivity contribution >= 4 is 22.7 Å². The van der Waals surface area contributed by atoms with E-state index in [1.54, 1.807) is 0 Å². The van der Waals surface area contributed by atoms with Gasteiger partial charge in [-0.25, -0.2) is 4.98 Å². The van der Waals surface area contributed by atoms with Crippen LogP contribution in [-0.4, -0.2) is 36.6 Å². The number of benzene rings is 3. The van der Waals surface area contributed by atoms with Gasteiger partial charge in [0.25, 0.3) is 0 Å². The highest BCUT2D eigenvalue weighted by molar-refractivity contribution is 5.90. The first-order valence-electron chi connectivity index (χ1n) is 14.1. The number of aromatic nitrogens is 2. The molecule has 1 heterocycles. The summed E-state index contributed by atoms with van der Waals surface area (Å²) in [6.45, 7) is 6.82. The van der Waals surface area contributed by atoms with Crippen LogP contribution in [0.5, 0.6) is 5.75 Å². The number of para-hydroxylation sites is 1. The Balaban J connectivity index is 1.09. The van der Waals surface area contributed by atoms with E-state index in [9.17, 15) is 0 Å². The molecule has 3 aromatic carbocycles. The van der Waals surface area contributed by atoms with Crippen molar-refractivity contribution in [1.29, 1.82) is 0 Å². The molecule has 0 atom stereocenters. The number of ether oxygens (including phenoxy) is 1. The zero-order valence-electron chi connectivity index (χ0n) is 23.7. The van der Waals surface area contributed by atoms with Crippen molar-refractivity contribution in [1.82, 2.24) is 15.3 Å². The number of rotatable bonds is 10. The monoisotopic (exact) mass is 523 g/mol. The summed E-state index contributed by atoms with van der Waals surface area (Å²) in [5.41, 5.74) is 5.88. The van der Waals surface area contributed by atoms with E-state index in [0.717, 1.165) is 54.3 Å². The van der Waals surface area contributed by atoms with Crippen molar-refractivity contribution in [3.8, 4) is 5.75 Å². The number of aryl methyl sites for hydroxylation is 2. The van der Waals surface area contributed by atoms with Crippen LogP contribution >= 0.6 is 0 Å². The molecule has 39 heavy (non-hydrogen) atoms.